The average Bonchev–Trinajstić information content (AvgIpc) is 2.86. The predicted molar refractivity (Wildman–Crippen MR) is 69.2 cm³/mol. The standard InChI is InChI=1S/C13H18N4O/c1-3-17-10-15-9-12(17)8-14-7-11-4-5-16-13(6-11)18-2/h4-6,9-10,14H,3,7-8H2,1-2H3. The topological polar surface area (TPSA) is 52.0 Å². The molecule has 0 aliphatic heterocycles. The number of aromatic nitrogens is 3. The molecular weight excluding hydrogens is 228 g/mol. The van der Waals surface area contributed by atoms with Crippen molar-refractivity contribution in [1.29, 1.82) is 0 Å². The van der Waals surface area contributed by atoms with Gasteiger partial charge in [-0.3, -0.25) is 0 Å². The summed E-state index contributed by atoms with van der Waals surface area (Å²) < 4.78 is 7.22. The van der Waals surface area contributed by atoms with E-state index in [9.17, 15) is 0 Å². The quantitative estimate of drug-likeness (QED) is 0.841. The summed E-state index contributed by atoms with van der Waals surface area (Å²) in [7, 11) is 1.62. The van der Waals surface area contributed by atoms with Gasteiger partial charge in [0.05, 0.1) is 19.1 Å². The molecule has 18 heavy (non-hydrogen) atoms. The molecule has 1 N–H and O–H groups in total. The second-order valence-electron chi connectivity index (χ2n) is 3.98. The van der Waals surface area contributed by atoms with E-state index in [2.05, 4.69) is 26.8 Å². The molecule has 5 heteroatoms. The molecule has 2 aromatic rings. The number of aryl methyl sites for hydroxylation is 1. The van der Waals surface area contributed by atoms with Crippen molar-refractivity contribution in [2.75, 3.05) is 7.11 Å². The summed E-state index contributed by atoms with van der Waals surface area (Å²) in [6.07, 6.45) is 5.50. The van der Waals surface area contributed by atoms with Gasteiger partial charge < -0.3 is 14.6 Å². The van der Waals surface area contributed by atoms with Crippen LogP contribution < -0.4 is 10.1 Å². The van der Waals surface area contributed by atoms with Gasteiger partial charge in [0.2, 0.25) is 5.88 Å². The molecule has 0 saturated heterocycles. The van der Waals surface area contributed by atoms with E-state index in [1.165, 1.54) is 5.69 Å². The van der Waals surface area contributed by atoms with Gasteiger partial charge in [-0.05, 0) is 18.6 Å². The molecule has 0 radical (unpaired) electrons. The molecule has 0 bridgehead atoms. The Morgan fingerprint density at radius 3 is 3.06 bits per heavy atom. The van der Waals surface area contributed by atoms with E-state index in [1.54, 1.807) is 13.3 Å². The Labute approximate surface area is 107 Å². The van der Waals surface area contributed by atoms with E-state index in [0.29, 0.717) is 5.88 Å². The number of hydrogen-bond donors (Lipinski definition) is 1. The summed E-state index contributed by atoms with van der Waals surface area (Å²) in [5, 5.41) is 3.39. The van der Waals surface area contributed by atoms with Gasteiger partial charge in [-0.15, -0.1) is 0 Å². The Morgan fingerprint density at radius 1 is 1.39 bits per heavy atom. The van der Waals surface area contributed by atoms with Gasteiger partial charge in [-0.1, -0.05) is 0 Å². The first-order valence-corrected chi connectivity index (χ1v) is 6.02. The van der Waals surface area contributed by atoms with E-state index < -0.39 is 0 Å². The van der Waals surface area contributed by atoms with Crippen LogP contribution in [0.25, 0.3) is 0 Å². The number of rotatable bonds is 6. The third kappa shape index (κ3) is 3.07. The Hall–Kier alpha value is -1.88. The summed E-state index contributed by atoms with van der Waals surface area (Å²) in [6.45, 7) is 4.64. The molecule has 0 fully saturated rings. The van der Waals surface area contributed by atoms with Gasteiger partial charge in [-0.2, -0.15) is 0 Å². The van der Waals surface area contributed by atoms with Crippen LogP contribution in [0.1, 0.15) is 18.2 Å². The molecule has 0 unspecified atom stereocenters. The molecule has 5 nitrogen and oxygen atoms in total. The predicted octanol–water partition coefficient (Wildman–Crippen LogP) is 1.60. The first-order valence-electron chi connectivity index (χ1n) is 6.02. The van der Waals surface area contributed by atoms with Gasteiger partial charge in [0.1, 0.15) is 0 Å². The Bertz CT molecular complexity index is 495. The second kappa shape index (κ2) is 6.16. The van der Waals surface area contributed by atoms with Gasteiger partial charge in [-0.25, -0.2) is 9.97 Å². The van der Waals surface area contributed by atoms with Crippen LogP contribution in [0.3, 0.4) is 0 Å². The average molecular weight is 246 g/mol. The number of nitrogens with zero attached hydrogens (tertiary/aromatic N) is 3. The minimum Gasteiger partial charge on any atom is -0.481 e. The van der Waals surface area contributed by atoms with Crippen LogP contribution >= 0.6 is 0 Å². The first-order chi connectivity index (χ1) is 8.83. The molecule has 0 atom stereocenters. The maximum Gasteiger partial charge on any atom is 0.213 e. The summed E-state index contributed by atoms with van der Waals surface area (Å²) >= 11 is 0. The molecule has 2 heterocycles. The molecular formula is C13H18N4O. The van der Waals surface area contributed by atoms with Crippen molar-refractivity contribution in [3.05, 3.63) is 42.1 Å². The van der Waals surface area contributed by atoms with Crippen molar-refractivity contribution >= 4 is 0 Å². The monoisotopic (exact) mass is 246 g/mol. The first kappa shape index (κ1) is 12.6. The second-order valence-corrected chi connectivity index (χ2v) is 3.98. The van der Waals surface area contributed by atoms with Crippen molar-refractivity contribution in [3.63, 3.8) is 0 Å². The van der Waals surface area contributed by atoms with Crippen molar-refractivity contribution in [1.82, 2.24) is 19.9 Å². The van der Waals surface area contributed by atoms with E-state index in [-0.39, 0.29) is 0 Å². The van der Waals surface area contributed by atoms with Crippen LogP contribution in [-0.4, -0.2) is 21.6 Å². The van der Waals surface area contributed by atoms with Crippen molar-refractivity contribution < 1.29 is 4.74 Å². The molecule has 0 aliphatic carbocycles. The van der Waals surface area contributed by atoms with Gasteiger partial charge >= 0.3 is 0 Å². The molecule has 0 aromatic carbocycles. The highest BCUT2D eigenvalue weighted by atomic mass is 16.5. The van der Waals surface area contributed by atoms with Crippen LogP contribution in [0.5, 0.6) is 5.88 Å². The zero-order valence-corrected chi connectivity index (χ0v) is 10.8. The maximum absolute atomic E-state index is 5.09. The fraction of sp³-hybridized carbons (Fsp3) is 0.385. The highest BCUT2D eigenvalue weighted by Crippen LogP contribution is 2.08. The lowest BCUT2D eigenvalue weighted by molar-refractivity contribution is 0.397. The van der Waals surface area contributed by atoms with Gasteiger partial charge in [0.15, 0.2) is 0 Å². The van der Waals surface area contributed by atoms with Crippen LogP contribution in [0.15, 0.2) is 30.9 Å². The highest BCUT2D eigenvalue weighted by Gasteiger charge is 2.00. The van der Waals surface area contributed by atoms with E-state index >= 15 is 0 Å². The fourth-order valence-electron chi connectivity index (χ4n) is 1.79. The smallest absolute Gasteiger partial charge is 0.213 e. The maximum atomic E-state index is 5.09. The van der Waals surface area contributed by atoms with Crippen LogP contribution in [0.4, 0.5) is 0 Å². The van der Waals surface area contributed by atoms with Gasteiger partial charge in [0, 0.05) is 38.1 Å². The van der Waals surface area contributed by atoms with E-state index in [1.807, 2.05) is 24.7 Å². The highest BCUT2D eigenvalue weighted by molar-refractivity contribution is 5.20. The summed E-state index contributed by atoms with van der Waals surface area (Å²) in [5.74, 6) is 0.646. The fourth-order valence-corrected chi connectivity index (χ4v) is 1.79. The lowest BCUT2D eigenvalue weighted by Crippen LogP contribution is -2.15. The van der Waals surface area contributed by atoms with Crippen molar-refractivity contribution in [3.8, 4) is 5.88 Å². The normalized spacial score (nSPS) is 10.6. The van der Waals surface area contributed by atoms with Crippen LogP contribution in [0.2, 0.25) is 0 Å². The molecule has 2 aromatic heterocycles. The van der Waals surface area contributed by atoms with E-state index in [4.69, 9.17) is 4.74 Å². The summed E-state index contributed by atoms with van der Waals surface area (Å²) in [5.41, 5.74) is 2.35. The zero-order chi connectivity index (χ0) is 12.8. The van der Waals surface area contributed by atoms with Crippen LogP contribution in [0, 0.1) is 0 Å². The lowest BCUT2D eigenvalue weighted by Gasteiger charge is -2.07. The molecule has 0 saturated carbocycles. The lowest BCUT2D eigenvalue weighted by atomic mass is 10.2. The number of hydrogen-bond acceptors (Lipinski definition) is 4. The van der Waals surface area contributed by atoms with Crippen LogP contribution in [-0.2, 0) is 19.6 Å². The zero-order valence-electron chi connectivity index (χ0n) is 10.8. The Kier molecular flexibility index (Phi) is 4.30. The van der Waals surface area contributed by atoms with E-state index in [0.717, 1.165) is 25.2 Å². The van der Waals surface area contributed by atoms with Crippen molar-refractivity contribution in [2.24, 2.45) is 0 Å². The largest absolute Gasteiger partial charge is 0.481 e. The third-order valence-corrected chi connectivity index (χ3v) is 2.78. The number of nitrogens with one attached hydrogen (secondary N) is 1. The van der Waals surface area contributed by atoms with Gasteiger partial charge in [0.25, 0.3) is 0 Å². The summed E-state index contributed by atoms with van der Waals surface area (Å²) in [4.78, 5) is 8.22. The molecule has 2 rings (SSSR count). The number of ether oxygens (including phenoxy) is 1. The molecule has 0 aliphatic rings. The third-order valence-electron chi connectivity index (χ3n) is 2.78. The summed E-state index contributed by atoms with van der Waals surface area (Å²) in [6, 6.07) is 3.91. The molecule has 96 valence electrons. The molecule has 0 amide bonds. The van der Waals surface area contributed by atoms with Crippen molar-refractivity contribution in [2.45, 2.75) is 26.6 Å². The minimum atomic E-state index is 0.646. The number of imidazole rings is 1. The SMILES string of the molecule is CCn1cncc1CNCc1ccnc(OC)c1. The number of methoxy groups -OCH3 is 1. The Morgan fingerprint density at radius 2 is 2.28 bits per heavy atom. The minimum absolute atomic E-state index is 0.646. The Balaban J connectivity index is 1.88. The number of pyridine rings is 1. The molecule has 0 spiro atoms.